The van der Waals surface area contributed by atoms with Crippen molar-refractivity contribution in [2.24, 2.45) is 0 Å². The van der Waals surface area contributed by atoms with Gasteiger partial charge in [-0.2, -0.15) is 5.26 Å². The number of hydrogen-bond donors (Lipinski definition) is 0. The van der Waals surface area contributed by atoms with Crippen molar-refractivity contribution >= 4 is 18.9 Å². The highest BCUT2D eigenvalue weighted by atomic mass is 14.2. The molecule has 78 valence electrons. The molecule has 0 atom stereocenters. The SMILES string of the molecule is Bc1ccc(C(/C=C\C=C)=C/C)c(C#N)c1. The van der Waals surface area contributed by atoms with Gasteiger partial charge in [-0.05, 0) is 18.1 Å². The Kier molecular flexibility index (Phi) is 4.35. The third-order valence-corrected chi connectivity index (χ3v) is 2.33. The summed E-state index contributed by atoms with van der Waals surface area (Å²) >= 11 is 0. The summed E-state index contributed by atoms with van der Waals surface area (Å²) in [5.41, 5.74) is 3.82. The topological polar surface area (TPSA) is 23.8 Å². The van der Waals surface area contributed by atoms with Gasteiger partial charge in [0.15, 0.2) is 0 Å². The predicted octanol–water partition coefficient (Wildman–Crippen LogP) is 1.96. The van der Waals surface area contributed by atoms with Gasteiger partial charge in [-0.25, -0.2) is 0 Å². The van der Waals surface area contributed by atoms with E-state index in [0.717, 1.165) is 16.6 Å². The molecule has 0 heterocycles. The fourth-order valence-electron chi connectivity index (χ4n) is 1.52. The molecular weight excluding hydrogens is 193 g/mol. The zero-order valence-corrected chi connectivity index (χ0v) is 9.70. The van der Waals surface area contributed by atoms with E-state index in [-0.39, 0.29) is 0 Å². The Bertz CT molecular complexity index is 490. The smallest absolute Gasteiger partial charge is 0.139 e. The first-order valence-electron chi connectivity index (χ1n) is 5.19. The summed E-state index contributed by atoms with van der Waals surface area (Å²) in [6, 6.07) is 8.13. The minimum absolute atomic E-state index is 0.710. The summed E-state index contributed by atoms with van der Waals surface area (Å²) in [5, 5.41) is 9.09. The lowest BCUT2D eigenvalue weighted by atomic mass is 9.90. The van der Waals surface area contributed by atoms with E-state index < -0.39 is 0 Å². The zero-order valence-electron chi connectivity index (χ0n) is 9.70. The number of benzene rings is 1. The van der Waals surface area contributed by atoms with Gasteiger partial charge in [-0.3, -0.25) is 0 Å². The third kappa shape index (κ3) is 2.74. The molecule has 1 nitrogen and oxygen atoms in total. The fourth-order valence-corrected chi connectivity index (χ4v) is 1.52. The van der Waals surface area contributed by atoms with E-state index in [2.05, 4.69) is 12.6 Å². The fraction of sp³-hybridized carbons (Fsp3) is 0.0714. The molecule has 0 aromatic heterocycles. The van der Waals surface area contributed by atoms with Crippen LogP contribution < -0.4 is 5.46 Å². The molecule has 16 heavy (non-hydrogen) atoms. The van der Waals surface area contributed by atoms with Crippen LogP contribution in [-0.4, -0.2) is 7.85 Å². The van der Waals surface area contributed by atoms with Gasteiger partial charge in [0.05, 0.1) is 11.6 Å². The lowest BCUT2D eigenvalue weighted by Gasteiger charge is -2.05. The highest BCUT2D eigenvalue weighted by Crippen LogP contribution is 2.19. The number of nitriles is 1. The van der Waals surface area contributed by atoms with Gasteiger partial charge in [0, 0.05) is 0 Å². The number of nitrogens with zero attached hydrogens (tertiary/aromatic N) is 1. The summed E-state index contributed by atoms with van der Waals surface area (Å²) in [7, 11) is 1.99. The average molecular weight is 207 g/mol. The van der Waals surface area contributed by atoms with Crippen LogP contribution in [0.5, 0.6) is 0 Å². The molecule has 0 bridgehead atoms. The average Bonchev–Trinajstić information content (AvgIpc) is 2.31. The molecule has 0 aliphatic rings. The van der Waals surface area contributed by atoms with Crippen molar-refractivity contribution in [3.63, 3.8) is 0 Å². The molecule has 0 unspecified atom stereocenters. The Hall–Kier alpha value is -2.01. The summed E-state index contributed by atoms with van der Waals surface area (Å²) in [6.07, 6.45) is 7.55. The maximum atomic E-state index is 9.09. The van der Waals surface area contributed by atoms with Gasteiger partial charge in [-0.15, -0.1) is 0 Å². The molecule has 0 aliphatic heterocycles. The van der Waals surface area contributed by atoms with Crippen molar-refractivity contribution in [3.8, 4) is 6.07 Å². The van der Waals surface area contributed by atoms with Crippen molar-refractivity contribution in [1.82, 2.24) is 0 Å². The molecule has 0 spiro atoms. The van der Waals surface area contributed by atoms with Crippen molar-refractivity contribution < 1.29 is 0 Å². The molecule has 2 heteroatoms. The Balaban J connectivity index is 3.27. The van der Waals surface area contributed by atoms with Gasteiger partial charge >= 0.3 is 0 Å². The van der Waals surface area contributed by atoms with Crippen LogP contribution in [0, 0.1) is 11.3 Å². The van der Waals surface area contributed by atoms with Crippen molar-refractivity contribution in [3.05, 3.63) is 60.2 Å². The molecular formula is C14H14BN. The molecule has 0 fully saturated rings. The zero-order chi connectivity index (χ0) is 12.0. The Morgan fingerprint density at radius 2 is 2.25 bits per heavy atom. The second kappa shape index (κ2) is 5.77. The summed E-state index contributed by atoms with van der Waals surface area (Å²) in [4.78, 5) is 0. The van der Waals surface area contributed by atoms with Gasteiger partial charge in [-0.1, -0.05) is 54.5 Å². The molecule has 0 amide bonds. The molecule has 1 aromatic carbocycles. The molecule has 0 aliphatic carbocycles. The summed E-state index contributed by atoms with van der Waals surface area (Å²) < 4.78 is 0. The van der Waals surface area contributed by atoms with E-state index in [0.29, 0.717) is 5.56 Å². The summed E-state index contributed by atoms with van der Waals surface area (Å²) in [6.45, 7) is 5.60. The lowest BCUT2D eigenvalue weighted by molar-refractivity contribution is 1.47. The van der Waals surface area contributed by atoms with E-state index >= 15 is 0 Å². The normalized spacial score (nSPS) is 11.4. The van der Waals surface area contributed by atoms with Crippen LogP contribution in [0.4, 0.5) is 0 Å². The Morgan fingerprint density at radius 1 is 1.50 bits per heavy atom. The van der Waals surface area contributed by atoms with Crippen LogP contribution >= 0.6 is 0 Å². The van der Waals surface area contributed by atoms with Crippen molar-refractivity contribution in [1.29, 1.82) is 5.26 Å². The summed E-state index contributed by atoms with van der Waals surface area (Å²) in [5.74, 6) is 0. The van der Waals surface area contributed by atoms with Gasteiger partial charge in [0.1, 0.15) is 7.85 Å². The Labute approximate surface area is 97.8 Å². The van der Waals surface area contributed by atoms with E-state index in [4.69, 9.17) is 5.26 Å². The monoisotopic (exact) mass is 207 g/mol. The van der Waals surface area contributed by atoms with Crippen LogP contribution in [0.25, 0.3) is 5.57 Å². The van der Waals surface area contributed by atoms with Crippen LogP contribution in [0.3, 0.4) is 0 Å². The van der Waals surface area contributed by atoms with Crippen LogP contribution in [0.2, 0.25) is 0 Å². The molecule has 0 radical (unpaired) electrons. The second-order valence-corrected chi connectivity index (χ2v) is 3.50. The largest absolute Gasteiger partial charge is 0.192 e. The highest BCUT2D eigenvalue weighted by Gasteiger charge is 2.04. The number of rotatable bonds is 3. The minimum atomic E-state index is 0.710. The lowest BCUT2D eigenvalue weighted by Crippen LogP contribution is -2.03. The van der Waals surface area contributed by atoms with Gasteiger partial charge in [0.25, 0.3) is 0 Å². The van der Waals surface area contributed by atoms with Gasteiger partial charge in [0.2, 0.25) is 0 Å². The quantitative estimate of drug-likeness (QED) is 0.549. The molecule has 0 saturated heterocycles. The van der Waals surface area contributed by atoms with Crippen LogP contribution in [-0.2, 0) is 0 Å². The second-order valence-electron chi connectivity index (χ2n) is 3.50. The van der Waals surface area contributed by atoms with Gasteiger partial charge < -0.3 is 0 Å². The third-order valence-electron chi connectivity index (χ3n) is 2.33. The molecule has 1 rings (SSSR count). The molecule has 0 saturated carbocycles. The first kappa shape index (κ1) is 12.1. The van der Waals surface area contributed by atoms with E-state index in [9.17, 15) is 0 Å². The first-order valence-corrected chi connectivity index (χ1v) is 5.19. The maximum absolute atomic E-state index is 9.09. The number of allylic oxidation sites excluding steroid dienone is 5. The van der Waals surface area contributed by atoms with Crippen molar-refractivity contribution in [2.45, 2.75) is 6.92 Å². The van der Waals surface area contributed by atoms with E-state index in [1.54, 1.807) is 6.08 Å². The minimum Gasteiger partial charge on any atom is -0.192 e. The standard InChI is InChI=1S/C14H14BN/c1-3-5-6-11(4-2)14-8-7-13(15)9-12(14)10-16/h3-9H,1,15H2,2H3/b6-5-,11-4+. The number of hydrogen-bond acceptors (Lipinski definition) is 1. The predicted molar refractivity (Wildman–Crippen MR) is 72.3 cm³/mol. The van der Waals surface area contributed by atoms with E-state index in [1.807, 2.05) is 51.2 Å². The highest BCUT2D eigenvalue weighted by molar-refractivity contribution is 6.32. The Morgan fingerprint density at radius 3 is 2.81 bits per heavy atom. The molecule has 1 aromatic rings. The van der Waals surface area contributed by atoms with Crippen LogP contribution in [0.15, 0.2) is 49.1 Å². The van der Waals surface area contributed by atoms with E-state index in [1.165, 1.54) is 0 Å². The molecule has 0 N–H and O–H groups in total. The van der Waals surface area contributed by atoms with Crippen molar-refractivity contribution in [2.75, 3.05) is 0 Å². The van der Waals surface area contributed by atoms with Crippen LogP contribution in [0.1, 0.15) is 18.1 Å². The first-order chi connectivity index (χ1) is 7.72. The maximum Gasteiger partial charge on any atom is 0.139 e.